The molecule has 0 aromatic heterocycles. The number of nitrogens with zero attached hydrogens (tertiary/aromatic N) is 2. The number of hydrogen-bond donors (Lipinski definition) is 1. The highest BCUT2D eigenvalue weighted by Gasteiger charge is 2.23. The van der Waals surface area contributed by atoms with E-state index in [1.807, 2.05) is 12.1 Å². The number of rotatable bonds is 17. The minimum absolute atomic E-state index is 0.229. The number of aromatic hydroxyl groups is 1. The summed E-state index contributed by atoms with van der Waals surface area (Å²) >= 11 is 0. The monoisotopic (exact) mass is 484 g/mol. The van der Waals surface area contributed by atoms with Crippen LogP contribution in [0.3, 0.4) is 0 Å². The maximum atomic E-state index is 10.7. The highest BCUT2D eigenvalue weighted by molar-refractivity contribution is 5.44. The number of benzene rings is 2. The lowest BCUT2D eigenvalue weighted by Crippen LogP contribution is -2.27. The van der Waals surface area contributed by atoms with Crippen molar-refractivity contribution < 1.29 is 14.6 Å². The third-order valence-electron chi connectivity index (χ3n) is 7.21. The summed E-state index contributed by atoms with van der Waals surface area (Å²) in [4.78, 5) is 4.68. The lowest BCUT2D eigenvalue weighted by Gasteiger charge is -2.27. The summed E-state index contributed by atoms with van der Waals surface area (Å²) in [7, 11) is 0. The van der Waals surface area contributed by atoms with Gasteiger partial charge in [0.1, 0.15) is 19.0 Å². The molecule has 0 fully saturated rings. The Labute approximate surface area is 214 Å². The largest absolute Gasteiger partial charge is 0.504 e. The molecule has 1 N–H and O–H groups in total. The number of hydrogen-bond acceptors (Lipinski definition) is 5. The second kappa shape index (κ2) is 15.7. The van der Waals surface area contributed by atoms with E-state index in [0.717, 1.165) is 63.4 Å². The van der Waals surface area contributed by atoms with E-state index in [2.05, 4.69) is 81.7 Å². The van der Waals surface area contributed by atoms with Gasteiger partial charge < -0.3 is 24.4 Å². The molecule has 0 heterocycles. The van der Waals surface area contributed by atoms with E-state index in [1.54, 1.807) is 0 Å². The SMILES string of the molecule is CCC(c1ccc(OCCN(CC)CC)cc1)C(CC)c1ccc(OCCN(CC)CC)c(O)c1. The Morgan fingerprint density at radius 3 is 1.63 bits per heavy atom. The molecule has 35 heavy (non-hydrogen) atoms. The van der Waals surface area contributed by atoms with Gasteiger partial charge in [0.2, 0.25) is 0 Å². The Hall–Kier alpha value is -2.24. The van der Waals surface area contributed by atoms with Crippen molar-refractivity contribution in [2.75, 3.05) is 52.5 Å². The van der Waals surface area contributed by atoms with Crippen molar-refractivity contribution in [1.29, 1.82) is 0 Å². The van der Waals surface area contributed by atoms with Crippen LogP contribution in [0.4, 0.5) is 0 Å². The van der Waals surface area contributed by atoms with E-state index in [9.17, 15) is 5.11 Å². The smallest absolute Gasteiger partial charge is 0.160 e. The molecule has 0 aliphatic rings. The van der Waals surface area contributed by atoms with Crippen LogP contribution in [0.5, 0.6) is 17.2 Å². The van der Waals surface area contributed by atoms with Gasteiger partial charge in [-0.05, 0) is 86.2 Å². The molecule has 2 aromatic rings. The number of ether oxygens (including phenoxy) is 2. The Balaban J connectivity index is 2.05. The van der Waals surface area contributed by atoms with Crippen LogP contribution >= 0.6 is 0 Å². The van der Waals surface area contributed by atoms with Gasteiger partial charge in [-0.2, -0.15) is 0 Å². The third kappa shape index (κ3) is 8.73. The minimum Gasteiger partial charge on any atom is -0.504 e. The van der Waals surface area contributed by atoms with E-state index >= 15 is 0 Å². The predicted octanol–water partition coefficient (Wildman–Crippen LogP) is 6.52. The summed E-state index contributed by atoms with van der Waals surface area (Å²) in [6.07, 6.45) is 2.03. The zero-order chi connectivity index (χ0) is 25.6. The van der Waals surface area contributed by atoms with Gasteiger partial charge in [0.15, 0.2) is 11.5 Å². The normalized spacial score (nSPS) is 13.3. The van der Waals surface area contributed by atoms with Crippen LogP contribution in [0.2, 0.25) is 0 Å². The molecule has 196 valence electrons. The van der Waals surface area contributed by atoms with E-state index < -0.39 is 0 Å². The molecule has 0 spiro atoms. The molecule has 0 saturated carbocycles. The third-order valence-corrected chi connectivity index (χ3v) is 7.21. The highest BCUT2D eigenvalue weighted by Crippen LogP contribution is 2.41. The first-order valence-electron chi connectivity index (χ1n) is 13.6. The van der Waals surface area contributed by atoms with Gasteiger partial charge in [0.25, 0.3) is 0 Å². The zero-order valence-electron chi connectivity index (χ0n) is 22.9. The van der Waals surface area contributed by atoms with Crippen LogP contribution in [-0.2, 0) is 0 Å². The molecule has 2 rings (SSSR count). The first kappa shape index (κ1) is 29.0. The molecular weight excluding hydrogens is 436 g/mol. The fourth-order valence-electron chi connectivity index (χ4n) is 4.86. The summed E-state index contributed by atoms with van der Waals surface area (Å²) in [5.41, 5.74) is 2.47. The molecule has 0 saturated heterocycles. The second-order valence-electron chi connectivity index (χ2n) is 9.08. The molecule has 2 aromatic carbocycles. The molecule has 0 aliphatic heterocycles. The lowest BCUT2D eigenvalue weighted by molar-refractivity contribution is 0.218. The van der Waals surface area contributed by atoms with E-state index in [1.165, 1.54) is 5.56 Å². The van der Waals surface area contributed by atoms with Crippen LogP contribution in [-0.4, -0.2) is 67.4 Å². The summed E-state index contributed by atoms with van der Waals surface area (Å²) in [6.45, 7) is 20.3. The van der Waals surface area contributed by atoms with Crippen LogP contribution in [0.1, 0.15) is 77.3 Å². The van der Waals surface area contributed by atoms with Crippen molar-refractivity contribution in [3.63, 3.8) is 0 Å². The van der Waals surface area contributed by atoms with Gasteiger partial charge in [0.05, 0.1) is 0 Å². The molecule has 0 bridgehead atoms. The average molecular weight is 485 g/mol. The summed E-state index contributed by atoms with van der Waals surface area (Å²) in [5.74, 6) is 2.42. The average Bonchev–Trinajstić information content (AvgIpc) is 2.89. The molecular formula is C30H48N2O3. The zero-order valence-corrected chi connectivity index (χ0v) is 22.9. The minimum atomic E-state index is 0.229. The van der Waals surface area contributed by atoms with Crippen LogP contribution in [0.25, 0.3) is 0 Å². The van der Waals surface area contributed by atoms with Gasteiger partial charge in [-0.3, -0.25) is 0 Å². The van der Waals surface area contributed by atoms with Crippen LogP contribution in [0, 0.1) is 0 Å². The van der Waals surface area contributed by atoms with Gasteiger partial charge in [0, 0.05) is 13.1 Å². The Kier molecular flexibility index (Phi) is 13.0. The predicted molar refractivity (Wildman–Crippen MR) is 147 cm³/mol. The molecule has 2 unspecified atom stereocenters. The van der Waals surface area contributed by atoms with Gasteiger partial charge in [-0.1, -0.05) is 59.7 Å². The summed E-state index contributed by atoms with van der Waals surface area (Å²) in [5, 5.41) is 10.7. The van der Waals surface area contributed by atoms with E-state index in [-0.39, 0.29) is 5.75 Å². The fraction of sp³-hybridized carbons (Fsp3) is 0.600. The second-order valence-corrected chi connectivity index (χ2v) is 9.08. The van der Waals surface area contributed by atoms with E-state index in [0.29, 0.717) is 30.8 Å². The molecule has 0 amide bonds. The van der Waals surface area contributed by atoms with Crippen molar-refractivity contribution in [3.8, 4) is 17.2 Å². The van der Waals surface area contributed by atoms with Crippen molar-refractivity contribution in [3.05, 3.63) is 53.6 Å². The molecule has 0 radical (unpaired) electrons. The standard InChI is InChI=1S/C30H48N2O3/c1-7-27(24-13-16-26(17-14-24)34-21-19-31(9-3)10-4)28(8-2)25-15-18-30(29(33)23-25)35-22-20-32(11-5)12-6/h13-18,23,27-28,33H,7-12,19-22H2,1-6H3. The number of phenolic OH excluding ortho intramolecular Hbond substituents is 1. The Morgan fingerprint density at radius 1 is 0.657 bits per heavy atom. The summed E-state index contributed by atoms with van der Waals surface area (Å²) < 4.78 is 11.9. The quantitative estimate of drug-likeness (QED) is 0.277. The topological polar surface area (TPSA) is 45.2 Å². The van der Waals surface area contributed by atoms with Crippen molar-refractivity contribution >= 4 is 0 Å². The van der Waals surface area contributed by atoms with Crippen LogP contribution < -0.4 is 9.47 Å². The Morgan fingerprint density at radius 2 is 1.14 bits per heavy atom. The lowest BCUT2D eigenvalue weighted by atomic mass is 9.78. The molecule has 0 aliphatic carbocycles. The molecule has 5 nitrogen and oxygen atoms in total. The highest BCUT2D eigenvalue weighted by atomic mass is 16.5. The Bertz CT molecular complexity index is 832. The summed E-state index contributed by atoms with van der Waals surface area (Å²) in [6, 6.07) is 14.5. The first-order valence-corrected chi connectivity index (χ1v) is 13.6. The molecule has 2 atom stereocenters. The maximum absolute atomic E-state index is 10.7. The van der Waals surface area contributed by atoms with Crippen molar-refractivity contribution in [1.82, 2.24) is 9.80 Å². The van der Waals surface area contributed by atoms with Gasteiger partial charge in [-0.15, -0.1) is 0 Å². The number of likely N-dealkylation sites (N-methyl/N-ethyl adjacent to an activating group) is 2. The van der Waals surface area contributed by atoms with E-state index in [4.69, 9.17) is 9.47 Å². The first-order chi connectivity index (χ1) is 17.0. The van der Waals surface area contributed by atoms with Gasteiger partial charge >= 0.3 is 0 Å². The van der Waals surface area contributed by atoms with Crippen molar-refractivity contribution in [2.24, 2.45) is 0 Å². The fourth-order valence-corrected chi connectivity index (χ4v) is 4.86. The van der Waals surface area contributed by atoms with Crippen LogP contribution in [0.15, 0.2) is 42.5 Å². The van der Waals surface area contributed by atoms with Gasteiger partial charge in [-0.25, -0.2) is 0 Å². The number of phenols is 1. The van der Waals surface area contributed by atoms with Crippen molar-refractivity contribution in [2.45, 2.75) is 66.2 Å². The molecule has 5 heteroatoms. The maximum Gasteiger partial charge on any atom is 0.160 e.